The zero-order valence-corrected chi connectivity index (χ0v) is 22.2. The number of thiophene rings is 1. The van der Waals surface area contributed by atoms with Gasteiger partial charge in [-0.1, -0.05) is 23.7 Å². The highest BCUT2D eigenvalue weighted by atomic mass is 35.5. The fourth-order valence-corrected chi connectivity index (χ4v) is 5.25. The first-order chi connectivity index (χ1) is 18.8. The van der Waals surface area contributed by atoms with Gasteiger partial charge in [0.15, 0.2) is 0 Å². The van der Waals surface area contributed by atoms with E-state index in [2.05, 4.69) is 10.6 Å². The summed E-state index contributed by atoms with van der Waals surface area (Å²) in [5.74, 6) is -2.34. The highest BCUT2D eigenvalue weighted by Gasteiger charge is 2.27. The monoisotopic (exact) mass is 570 g/mol. The van der Waals surface area contributed by atoms with Crippen molar-refractivity contribution in [3.8, 4) is 0 Å². The number of para-hydroxylation sites is 1. The third-order valence-corrected chi connectivity index (χ3v) is 7.72. The lowest BCUT2D eigenvalue weighted by atomic mass is 10.0. The van der Waals surface area contributed by atoms with Crippen LogP contribution in [0.15, 0.2) is 48.5 Å². The van der Waals surface area contributed by atoms with E-state index >= 15 is 0 Å². The first kappa shape index (κ1) is 26.8. The van der Waals surface area contributed by atoms with E-state index in [0.29, 0.717) is 27.9 Å². The zero-order valence-electron chi connectivity index (χ0n) is 20.7. The molecule has 2 aliphatic rings. The van der Waals surface area contributed by atoms with Crippen molar-refractivity contribution in [3.63, 3.8) is 0 Å². The van der Waals surface area contributed by atoms with Crippen molar-refractivity contribution >= 4 is 57.9 Å². The second-order valence-corrected chi connectivity index (χ2v) is 10.7. The van der Waals surface area contributed by atoms with E-state index in [0.717, 1.165) is 23.8 Å². The average molecular weight is 571 g/mol. The molecule has 2 aromatic carbocycles. The Labute approximate surface area is 232 Å². The molecule has 0 spiro atoms. The summed E-state index contributed by atoms with van der Waals surface area (Å²) < 4.78 is 20.6. The molecule has 0 aliphatic carbocycles. The molecule has 3 aromatic rings. The van der Waals surface area contributed by atoms with Crippen LogP contribution in [0.25, 0.3) is 0 Å². The van der Waals surface area contributed by atoms with E-state index in [1.807, 2.05) is 0 Å². The second-order valence-electron chi connectivity index (χ2n) is 8.99. The maximum atomic E-state index is 15.0. The number of hydrogen-bond acceptors (Lipinski definition) is 6. The van der Waals surface area contributed by atoms with Crippen LogP contribution in [-0.4, -0.2) is 61.4 Å². The van der Waals surface area contributed by atoms with Crippen LogP contribution in [0.3, 0.4) is 0 Å². The van der Waals surface area contributed by atoms with Crippen LogP contribution < -0.4 is 15.5 Å². The topological polar surface area (TPSA) is 108 Å². The Morgan fingerprint density at radius 1 is 1.05 bits per heavy atom. The fraction of sp³-hybridized carbons (Fsp3) is 0.259. The normalized spacial score (nSPS) is 15.1. The zero-order chi connectivity index (χ0) is 27.5. The van der Waals surface area contributed by atoms with Gasteiger partial charge in [-0.3, -0.25) is 19.2 Å². The minimum Gasteiger partial charge on any atom is -0.370 e. The number of nitrogens with zero attached hydrogens (tertiary/aromatic N) is 2. The minimum atomic E-state index is -0.732. The Bertz CT molecular complexity index is 1460. The first-order valence-corrected chi connectivity index (χ1v) is 13.4. The van der Waals surface area contributed by atoms with Crippen molar-refractivity contribution < 1.29 is 28.3 Å². The Morgan fingerprint density at radius 3 is 2.54 bits per heavy atom. The number of hydrogen-bond donors (Lipinski definition) is 2. The predicted molar refractivity (Wildman–Crippen MR) is 145 cm³/mol. The van der Waals surface area contributed by atoms with E-state index in [9.17, 15) is 23.6 Å². The average Bonchev–Trinajstić information content (AvgIpc) is 3.33. The molecule has 2 N–H and O–H groups in total. The first-order valence-electron chi connectivity index (χ1n) is 12.3. The smallest absolute Gasteiger partial charge is 0.261 e. The SMILES string of the molecule is O=C(Nc1c(CNC(=O)c2ccc(Cl)s2)cccc1C(=O)N1CCC1)c1ccc(N2CCOCC2=O)c(F)c1. The molecule has 12 heteroatoms. The van der Waals surface area contributed by atoms with E-state index in [4.69, 9.17) is 16.3 Å². The van der Waals surface area contributed by atoms with Crippen molar-refractivity contribution in [2.75, 3.05) is 43.1 Å². The largest absolute Gasteiger partial charge is 0.370 e. The molecular formula is C27H24ClFN4O5S. The number of anilines is 2. The van der Waals surface area contributed by atoms with Gasteiger partial charge >= 0.3 is 0 Å². The Morgan fingerprint density at radius 2 is 1.87 bits per heavy atom. The molecule has 2 aliphatic heterocycles. The lowest BCUT2D eigenvalue weighted by Crippen LogP contribution is -2.42. The van der Waals surface area contributed by atoms with Crippen LogP contribution in [0.5, 0.6) is 0 Å². The van der Waals surface area contributed by atoms with Crippen LogP contribution in [0.2, 0.25) is 4.34 Å². The molecule has 0 bridgehead atoms. The van der Waals surface area contributed by atoms with E-state index in [1.54, 1.807) is 35.2 Å². The lowest BCUT2D eigenvalue weighted by molar-refractivity contribution is -0.125. The van der Waals surface area contributed by atoms with E-state index < -0.39 is 11.7 Å². The summed E-state index contributed by atoms with van der Waals surface area (Å²) in [5.41, 5.74) is 1.07. The number of benzene rings is 2. The molecule has 0 unspecified atom stereocenters. The van der Waals surface area contributed by atoms with Gasteiger partial charge < -0.3 is 25.2 Å². The van der Waals surface area contributed by atoms with Gasteiger partial charge in [0.1, 0.15) is 12.4 Å². The number of amides is 4. The third-order valence-electron chi connectivity index (χ3n) is 6.49. The van der Waals surface area contributed by atoms with Crippen molar-refractivity contribution in [2.45, 2.75) is 13.0 Å². The molecule has 5 rings (SSSR count). The van der Waals surface area contributed by atoms with Gasteiger partial charge in [-0.2, -0.15) is 0 Å². The maximum Gasteiger partial charge on any atom is 0.261 e. The molecule has 4 amide bonds. The summed E-state index contributed by atoms with van der Waals surface area (Å²) in [7, 11) is 0. The van der Waals surface area contributed by atoms with Crippen molar-refractivity contribution in [1.82, 2.24) is 10.2 Å². The molecular weight excluding hydrogens is 547 g/mol. The van der Waals surface area contributed by atoms with Gasteiger partial charge in [-0.05, 0) is 48.4 Å². The minimum absolute atomic E-state index is 0.00590. The molecule has 0 saturated carbocycles. The molecule has 2 saturated heterocycles. The number of halogens is 2. The van der Waals surface area contributed by atoms with Gasteiger partial charge in [0, 0.05) is 31.7 Å². The second kappa shape index (κ2) is 11.5. The van der Waals surface area contributed by atoms with Crippen molar-refractivity contribution in [1.29, 1.82) is 0 Å². The standard InChI is InChI=1S/C27H24ClFN4O5S/c28-22-8-7-21(39-22)26(36)30-14-17-3-1-4-18(27(37)32-9-2-10-32)24(17)31-25(35)16-5-6-20(19(29)13-16)33-11-12-38-15-23(33)34/h1,3-8,13H,2,9-12,14-15H2,(H,30,36)(H,31,35). The number of rotatable bonds is 7. The van der Waals surface area contributed by atoms with Gasteiger partial charge in [0.25, 0.3) is 23.6 Å². The molecule has 2 fully saturated rings. The van der Waals surface area contributed by atoms with Gasteiger partial charge in [-0.15, -0.1) is 11.3 Å². The molecule has 202 valence electrons. The molecule has 0 radical (unpaired) electrons. The summed E-state index contributed by atoms with van der Waals surface area (Å²) in [4.78, 5) is 54.5. The Hall–Kier alpha value is -3.80. The number of carbonyl (C=O) groups excluding carboxylic acids is 4. The highest BCUT2D eigenvalue weighted by molar-refractivity contribution is 7.18. The van der Waals surface area contributed by atoms with E-state index in [1.165, 1.54) is 17.0 Å². The highest BCUT2D eigenvalue weighted by Crippen LogP contribution is 2.28. The van der Waals surface area contributed by atoms with Gasteiger partial charge in [0.05, 0.1) is 32.8 Å². The van der Waals surface area contributed by atoms with Gasteiger partial charge in [-0.25, -0.2) is 4.39 Å². The van der Waals surface area contributed by atoms with E-state index in [-0.39, 0.29) is 66.5 Å². The fourth-order valence-electron chi connectivity index (χ4n) is 4.29. The number of nitrogens with one attached hydrogen (secondary N) is 2. The van der Waals surface area contributed by atoms with Crippen LogP contribution in [0, 0.1) is 5.82 Å². The van der Waals surface area contributed by atoms with Crippen molar-refractivity contribution in [3.05, 3.63) is 80.3 Å². The Balaban J connectivity index is 1.40. The summed E-state index contributed by atoms with van der Waals surface area (Å²) in [6, 6.07) is 12.0. The van der Waals surface area contributed by atoms with Crippen LogP contribution in [0.1, 0.15) is 42.4 Å². The predicted octanol–water partition coefficient (Wildman–Crippen LogP) is 3.93. The number of likely N-dealkylation sites (tertiary alicyclic amines) is 1. The number of ether oxygens (including phenoxy) is 1. The van der Waals surface area contributed by atoms with Crippen LogP contribution in [0.4, 0.5) is 15.8 Å². The summed E-state index contributed by atoms with van der Waals surface area (Å²) in [6.07, 6.45) is 0.893. The van der Waals surface area contributed by atoms with Crippen LogP contribution >= 0.6 is 22.9 Å². The molecule has 1 aromatic heterocycles. The summed E-state index contributed by atoms with van der Waals surface area (Å²) in [5, 5.41) is 5.55. The third kappa shape index (κ3) is 5.80. The maximum absolute atomic E-state index is 15.0. The van der Waals surface area contributed by atoms with Gasteiger partial charge in [0.2, 0.25) is 0 Å². The summed E-state index contributed by atoms with van der Waals surface area (Å²) >= 11 is 7.07. The summed E-state index contributed by atoms with van der Waals surface area (Å²) in [6.45, 7) is 1.60. The molecule has 9 nitrogen and oxygen atoms in total. The van der Waals surface area contributed by atoms with Crippen LogP contribution in [-0.2, 0) is 16.1 Å². The Kier molecular flexibility index (Phi) is 7.92. The molecule has 0 atom stereocenters. The number of carbonyl (C=O) groups is 4. The number of morpholine rings is 1. The lowest BCUT2D eigenvalue weighted by Gasteiger charge is -2.32. The molecule has 3 heterocycles. The molecule has 39 heavy (non-hydrogen) atoms. The van der Waals surface area contributed by atoms with Crippen molar-refractivity contribution in [2.24, 2.45) is 0 Å². The quantitative estimate of drug-likeness (QED) is 0.447.